The van der Waals surface area contributed by atoms with Gasteiger partial charge in [0.05, 0.1) is 0 Å². The highest BCUT2D eigenvalue weighted by molar-refractivity contribution is 9.10. The average Bonchev–Trinajstić information content (AvgIpc) is 2.46. The maximum absolute atomic E-state index is 9.51. The third-order valence-corrected chi connectivity index (χ3v) is 3.34. The van der Waals surface area contributed by atoms with E-state index in [9.17, 15) is 5.11 Å². The van der Waals surface area contributed by atoms with E-state index in [1.54, 1.807) is 0 Å². The molecular weight excluding hydrogens is 264 g/mol. The van der Waals surface area contributed by atoms with Gasteiger partial charge in [-0.1, -0.05) is 45.5 Å². The predicted molar refractivity (Wildman–Crippen MR) is 61.3 cm³/mol. The smallest absolute Gasteiger partial charge is 0.232 e. The van der Waals surface area contributed by atoms with E-state index in [4.69, 9.17) is 5.73 Å². The molecule has 1 aromatic heterocycles. The summed E-state index contributed by atoms with van der Waals surface area (Å²) in [6, 6.07) is 7.62. The molecule has 0 unspecified atom stereocenters. The van der Waals surface area contributed by atoms with Crippen LogP contribution in [0.5, 0.6) is 5.88 Å². The largest absolute Gasteiger partial charge is 0.492 e. The van der Waals surface area contributed by atoms with Gasteiger partial charge in [-0.15, -0.1) is 0 Å². The molecule has 2 rings (SSSR count). The topological polar surface area (TPSA) is 59.1 Å². The Morgan fingerprint density at radius 2 is 2.07 bits per heavy atom. The predicted octanol–water partition coefficient (Wildman–Crippen LogP) is 2.86. The zero-order valence-electron chi connectivity index (χ0n) is 7.07. The number of anilines is 1. The van der Waals surface area contributed by atoms with Crippen LogP contribution in [0.3, 0.4) is 0 Å². The molecular formula is C9H7BrN2OS. The minimum atomic E-state index is -0.0144. The number of nitrogens with two attached hydrogens (primary N) is 1. The Labute approximate surface area is 93.4 Å². The van der Waals surface area contributed by atoms with Gasteiger partial charge in [0.25, 0.3) is 0 Å². The van der Waals surface area contributed by atoms with Gasteiger partial charge in [0.1, 0.15) is 4.88 Å². The van der Waals surface area contributed by atoms with Crippen LogP contribution in [-0.4, -0.2) is 10.1 Å². The van der Waals surface area contributed by atoms with Gasteiger partial charge in [-0.3, -0.25) is 0 Å². The Bertz CT molecular complexity index is 470. The molecule has 0 fully saturated rings. The molecule has 5 heteroatoms. The molecule has 0 radical (unpaired) electrons. The fourth-order valence-electron chi connectivity index (χ4n) is 1.15. The molecule has 2 aromatic rings. The molecule has 0 saturated carbocycles. The first-order valence-electron chi connectivity index (χ1n) is 3.88. The van der Waals surface area contributed by atoms with Crippen LogP contribution in [0.15, 0.2) is 28.7 Å². The highest BCUT2D eigenvalue weighted by Gasteiger charge is 2.12. The first-order valence-corrected chi connectivity index (χ1v) is 5.49. The molecule has 0 aliphatic heterocycles. The van der Waals surface area contributed by atoms with Crippen LogP contribution in [0.1, 0.15) is 0 Å². The summed E-state index contributed by atoms with van der Waals surface area (Å²) < 4.78 is 0.916. The molecule has 3 nitrogen and oxygen atoms in total. The van der Waals surface area contributed by atoms with Crippen molar-refractivity contribution in [3.05, 3.63) is 28.7 Å². The number of nitrogen functional groups attached to an aromatic ring is 1. The fraction of sp³-hybridized carbons (Fsp3) is 0. The van der Waals surface area contributed by atoms with Gasteiger partial charge in [-0.05, 0) is 6.07 Å². The van der Waals surface area contributed by atoms with Crippen molar-refractivity contribution in [2.45, 2.75) is 0 Å². The van der Waals surface area contributed by atoms with Crippen LogP contribution < -0.4 is 5.73 Å². The molecule has 14 heavy (non-hydrogen) atoms. The highest BCUT2D eigenvalue weighted by atomic mass is 79.9. The summed E-state index contributed by atoms with van der Waals surface area (Å²) in [5, 5.41) is 9.88. The average molecular weight is 271 g/mol. The lowest BCUT2D eigenvalue weighted by Crippen LogP contribution is -1.78. The van der Waals surface area contributed by atoms with Gasteiger partial charge >= 0.3 is 0 Å². The second-order valence-electron chi connectivity index (χ2n) is 2.68. The van der Waals surface area contributed by atoms with Crippen LogP contribution in [0.25, 0.3) is 10.4 Å². The molecule has 0 bridgehead atoms. The van der Waals surface area contributed by atoms with Crippen molar-refractivity contribution < 1.29 is 5.11 Å². The Balaban J connectivity index is 2.60. The second-order valence-corrected chi connectivity index (χ2v) is 4.57. The molecule has 1 aromatic carbocycles. The number of halogens is 1. The number of thiazole rings is 1. The summed E-state index contributed by atoms with van der Waals surface area (Å²) in [6.45, 7) is 0. The first-order chi connectivity index (χ1) is 6.68. The Morgan fingerprint density at radius 3 is 2.64 bits per heavy atom. The van der Waals surface area contributed by atoms with E-state index in [1.807, 2.05) is 24.3 Å². The van der Waals surface area contributed by atoms with Crippen molar-refractivity contribution in [2.75, 3.05) is 5.73 Å². The molecule has 3 N–H and O–H groups in total. The maximum atomic E-state index is 9.51. The van der Waals surface area contributed by atoms with E-state index in [2.05, 4.69) is 20.9 Å². The number of aromatic nitrogens is 1. The van der Waals surface area contributed by atoms with Crippen molar-refractivity contribution in [3.63, 3.8) is 0 Å². The van der Waals surface area contributed by atoms with Crippen LogP contribution in [0, 0.1) is 0 Å². The zero-order valence-corrected chi connectivity index (χ0v) is 9.47. The van der Waals surface area contributed by atoms with Crippen LogP contribution >= 0.6 is 27.3 Å². The lowest BCUT2D eigenvalue weighted by Gasteiger charge is -1.99. The molecule has 0 saturated heterocycles. The third-order valence-electron chi connectivity index (χ3n) is 1.74. The van der Waals surface area contributed by atoms with Crippen molar-refractivity contribution in [3.8, 4) is 16.3 Å². The molecule has 0 amide bonds. The van der Waals surface area contributed by atoms with Crippen LogP contribution in [-0.2, 0) is 0 Å². The van der Waals surface area contributed by atoms with E-state index in [-0.39, 0.29) is 5.88 Å². The monoisotopic (exact) mass is 270 g/mol. The summed E-state index contributed by atoms with van der Waals surface area (Å²) in [5.41, 5.74) is 6.40. The lowest BCUT2D eigenvalue weighted by molar-refractivity contribution is 0.460. The number of nitrogens with zero attached hydrogens (tertiary/aromatic N) is 1. The van der Waals surface area contributed by atoms with Crippen molar-refractivity contribution in [1.82, 2.24) is 4.98 Å². The van der Waals surface area contributed by atoms with Gasteiger partial charge in [0.2, 0.25) is 5.88 Å². The van der Waals surface area contributed by atoms with E-state index in [0.29, 0.717) is 10.0 Å². The Hall–Kier alpha value is -1.07. The second kappa shape index (κ2) is 3.59. The van der Waals surface area contributed by atoms with Gasteiger partial charge in [-0.2, -0.15) is 4.98 Å². The van der Waals surface area contributed by atoms with Gasteiger partial charge in [-0.25, -0.2) is 0 Å². The molecule has 72 valence electrons. The summed E-state index contributed by atoms with van der Waals surface area (Å²) in [5.74, 6) is -0.0144. The molecule has 1 heterocycles. The minimum Gasteiger partial charge on any atom is -0.492 e. The first kappa shape index (κ1) is 9.48. The zero-order chi connectivity index (χ0) is 10.1. The third kappa shape index (κ3) is 1.60. The number of hydrogen-bond acceptors (Lipinski definition) is 4. The number of rotatable bonds is 1. The number of aromatic hydroxyl groups is 1. The molecule has 0 aliphatic carbocycles. The lowest BCUT2D eigenvalue weighted by atomic mass is 10.2. The SMILES string of the molecule is Nc1nc(O)c(-c2ccccc2Br)s1. The van der Waals surface area contributed by atoms with Gasteiger partial charge in [0, 0.05) is 10.0 Å². The van der Waals surface area contributed by atoms with Crippen LogP contribution in [0.4, 0.5) is 5.13 Å². The maximum Gasteiger partial charge on any atom is 0.232 e. The Morgan fingerprint density at radius 1 is 1.36 bits per heavy atom. The van der Waals surface area contributed by atoms with Crippen molar-refractivity contribution >= 4 is 32.4 Å². The highest BCUT2D eigenvalue weighted by Crippen LogP contribution is 2.39. The van der Waals surface area contributed by atoms with Crippen LogP contribution in [0.2, 0.25) is 0 Å². The summed E-state index contributed by atoms with van der Waals surface area (Å²) in [7, 11) is 0. The summed E-state index contributed by atoms with van der Waals surface area (Å²) in [6.07, 6.45) is 0. The van der Waals surface area contributed by atoms with E-state index >= 15 is 0 Å². The molecule has 0 aliphatic rings. The normalized spacial score (nSPS) is 10.4. The van der Waals surface area contributed by atoms with Crippen molar-refractivity contribution in [2.24, 2.45) is 0 Å². The summed E-state index contributed by atoms with van der Waals surface area (Å²) >= 11 is 4.67. The quantitative estimate of drug-likeness (QED) is 0.838. The molecule has 0 atom stereocenters. The minimum absolute atomic E-state index is 0.0144. The van der Waals surface area contributed by atoms with E-state index in [1.165, 1.54) is 11.3 Å². The van der Waals surface area contributed by atoms with Gasteiger partial charge in [0.15, 0.2) is 5.13 Å². The van der Waals surface area contributed by atoms with E-state index < -0.39 is 0 Å². The number of benzene rings is 1. The Kier molecular flexibility index (Phi) is 2.43. The van der Waals surface area contributed by atoms with Gasteiger partial charge < -0.3 is 10.8 Å². The van der Waals surface area contributed by atoms with E-state index in [0.717, 1.165) is 10.0 Å². The fourth-order valence-corrected chi connectivity index (χ4v) is 2.53. The summed E-state index contributed by atoms with van der Waals surface area (Å²) in [4.78, 5) is 4.45. The standard InChI is InChI=1S/C9H7BrN2OS/c10-6-4-2-1-3-5(6)7-8(13)12-9(11)14-7/h1-4,13H,(H2,11,12). The van der Waals surface area contributed by atoms with Crippen molar-refractivity contribution in [1.29, 1.82) is 0 Å². The number of hydrogen-bond donors (Lipinski definition) is 2. The molecule has 0 spiro atoms.